The lowest BCUT2D eigenvalue weighted by atomic mass is 9.84. The maximum absolute atomic E-state index is 13.0. The molecule has 0 fully saturated rings. The summed E-state index contributed by atoms with van der Waals surface area (Å²) in [4.78, 5) is 148. The minimum Gasteiger partial charge on any atom is -0.481 e. The number of nitrogens with two attached hydrogens (primary N) is 9. The van der Waals surface area contributed by atoms with Gasteiger partial charge in [-0.3, -0.25) is 87.3 Å². The van der Waals surface area contributed by atoms with Gasteiger partial charge >= 0.3 is 59.7 Å². The van der Waals surface area contributed by atoms with Gasteiger partial charge in [0.05, 0.1) is 78.8 Å². The Morgan fingerprint density at radius 3 is 0.868 bits per heavy atom. The number of methoxy groups -OCH3 is 10. The number of carboxylic acids is 3. The fraction of sp³-hybridized carbons (Fsp3) is 0.819. The first kappa shape index (κ1) is 125. The van der Waals surface area contributed by atoms with E-state index in [2.05, 4.69) is 25.4 Å². The quantitative estimate of drug-likeness (QED) is 0.00397. The SMILES string of the molecule is CC(=O)OC(=O)CCCCCCCCC(=O)OC(C)=O.COCC(CC(CC(COC)ON)(OC(=O)CCCCCCCCC(=O)OC(C)=O)C(COC)ON)ON.COCC(CC(O)(CC(COC)ON)C(COC)ON)ON.COCN.COCOC(=N)CC(O)(CC(COC)ON)C(COC)ON.O=C(O)CC(O)(CC(=O)O)C(=O)O.[2H]C#C. The van der Waals surface area contributed by atoms with Gasteiger partial charge in [0, 0.05) is 150 Å². The number of terminal acetylenes is 1. The third-order valence-electron chi connectivity index (χ3n) is 16.2. The smallest absolute Gasteiger partial charge is 0.336 e. The molecular formula is C72H142N10O39. The van der Waals surface area contributed by atoms with E-state index < -0.39 is 144 Å². The van der Waals surface area contributed by atoms with Gasteiger partial charge in [0.2, 0.25) is 0 Å². The van der Waals surface area contributed by atoms with E-state index in [4.69, 9.17) is 171 Å². The zero-order valence-electron chi connectivity index (χ0n) is 73.1. The topological polar surface area (TPSA) is 762 Å². The molecule has 0 radical (unpaired) electrons. The monoisotopic (exact) mass is 1770 g/mol. The van der Waals surface area contributed by atoms with E-state index >= 15 is 0 Å². The maximum atomic E-state index is 13.0. The van der Waals surface area contributed by atoms with Crippen LogP contribution in [0.1, 0.15) is 176 Å². The van der Waals surface area contributed by atoms with Crippen LogP contribution < -0.4 is 52.9 Å². The fourth-order valence-corrected chi connectivity index (χ4v) is 10.8. The Bertz CT molecular complexity index is 2660. The van der Waals surface area contributed by atoms with Gasteiger partial charge in [-0.2, -0.15) is 0 Å². The van der Waals surface area contributed by atoms with Crippen LogP contribution in [0.4, 0.5) is 0 Å². The summed E-state index contributed by atoms with van der Waals surface area (Å²) in [5.41, 5.74) is -2.40. The Labute approximate surface area is 707 Å². The van der Waals surface area contributed by atoms with Gasteiger partial charge in [0.1, 0.15) is 67.0 Å². The van der Waals surface area contributed by atoms with Gasteiger partial charge in [-0.05, 0) is 25.7 Å². The molecule has 0 saturated heterocycles. The van der Waals surface area contributed by atoms with E-state index in [9.17, 15) is 58.2 Å². The second kappa shape index (κ2) is 82.7. The number of rotatable bonds is 66. The van der Waals surface area contributed by atoms with Crippen LogP contribution in [-0.4, -0.2) is 305 Å². The molecule has 0 aromatic carbocycles. The summed E-state index contributed by atoms with van der Waals surface area (Å²) in [5.74, 6) is 33.8. The number of esters is 7. The summed E-state index contributed by atoms with van der Waals surface area (Å²) in [5, 5.41) is 63.4. The number of carbonyl (C=O) groups excluding carboxylic acids is 7. The van der Waals surface area contributed by atoms with Crippen molar-refractivity contribution in [1.29, 1.82) is 5.41 Å². The first-order valence-electron chi connectivity index (χ1n) is 37.9. The molecule has 0 bridgehead atoms. The van der Waals surface area contributed by atoms with Gasteiger partial charge in [-0.1, -0.05) is 51.4 Å². The van der Waals surface area contributed by atoms with Gasteiger partial charge in [0.25, 0.3) is 0 Å². The van der Waals surface area contributed by atoms with Gasteiger partial charge in [-0.15, -0.1) is 12.8 Å². The number of carboxylic acid groups (broad SMARTS) is 3. The molecule has 49 nitrogen and oxygen atoms in total. The van der Waals surface area contributed by atoms with Gasteiger partial charge < -0.3 is 107 Å². The minimum atomic E-state index is -2.74. The van der Waals surface area contributed by atoms with Gasteiger partial charge in [-0.25, -0.2) is 52.0 Å². The Balaban J connectivity index is -0.000000276. The average molecular weight is 1770 g/mol. The van der Waals surface area contributed by atoms with Crippen LogP contribution in [0, 0.1) is 18.2 Å². The van der Waals surface area contributed by atoms with Crippen molar-refractivity contribution >= 4 is 65.6 Å². The summed E-state index contributed by atoms with van der Waals surface area (Å²) in [7, 11) is 14.8. The summed E-state index contributed by atoms with van der Waals surface area (Å²) in [6.07, 6.45) is 8.23. The molecule has 9 atom stereocenters. The lowest BCUT2D eigenvalue weighted by Gasteiger charge is -2.41. The van der Waals surface area contributed by atoms with Crippen molar-refractivity contribution in [2.75, 3.05) is 137 Å². The molecule has 49 heteroatoms. The second-order valence-corrected chi connectivity index (χ2v) is 26.3. The third kappa shape index (κ3) is 70.1. The zero-order valence-corrected chi connectivity index (χ0v) is 72.1. The van der Waals surface area contributed by atoms with Crippen LogP contribution in [0.5, 0.6) is 0 Å². The minimum absolute atomic E-state index is 0.00128. The molecule has 0 aromatic rings. The maximum Gasteiger partial charge on any atom is 0.336 e. The number of aliphatic carboxylic acids is 3. The largest absolute Gasteiger partial charge is 0.481 e. The summed E-state index contributed by atoms with van der Waals surface area (Å²) in [6.45, 7) is 4.62. The Morgan fingerprint density at radius 1 is 0.372 bits per heavy atom. The number of carbonyl (C=O) groups is 10. The van der Waals surface area contributed by atoms with E-state index in [0.717, 1.165) is 51.4 Å². The predicted octanol–water partition coefficient (Wildman–Crippen LogP) is -1.07. The van der Waals surface area contributed by atoms with Crippen LogP contribution in [0.2, 0.25) is 0 Å². The molecule has 0 rings (SSSR count). The second-order valence-electron chi connectivity index (χ2n) is 26.3. The number of hydrogen-bond acceptors (Lipinski definition) is 46. The molecule has 0 aliphatic rings. The number of hydrogen-bond donors (Lipinski definition) is 16. The molecule has 121 heavy (non-hydrogen) atoms. The molecule has 9 unspecified atom stereocenters. The first-order chi connectivity index (χ1) is 57.7. The average Bonchev–Trinajstić information content (AvgIpc) is 0.822. The zero-order chi connectivity index (χ0) is 95.0. The molecule has 0 aliphatic carbocycles. The van der Waals surface area contributed by atoms with E-state index in [-0.39, 0.29) is 130 Å². The Morgan fingerprint density at radius 2 is 0.628 bits per heavy atom. The number of ether oxygens (including phenoxy) is 15. The highest BCUT2D eigenvalue weighted by atomic mass is 16.7. The van der Waals surface area contributed by atoms with Crippen LogP contribution >= 0.6 is 0 Å². The molecule has 0 aromatic heterocycles. The van der Waals surface area contributed by atoms with Crippen LogP contribution in [0.25, 0.3) is 0 Å². The van der Waals surface area contributed by atoms with Crippen molar-refractivity contribution in [1.82, 2.24) is 0 Å². The van der Waals surface area contributed by atoms with Crippen molar-refractivity contribution in [3.63, 3.8) is 0 Å². The summed E-state index contributed by atoms with van der Waals surface area (Å²) >= 11 is 0. The van der Waals surface area contributed by atoms with Crippen LogP contribution in [0.3, 0.4) is 0 Å². The molecular weight excluding hydrogens is 1630 g/mol. The fourth-order valence-electron chi connectivity index (χ4n) is 10.8. The number of unbranched alkanes of at least 4 members (excludes halogenated alkanes) is 10. The highest BCUT2D eigenvalue weighted by Crippen LogP contribution is 2.34. The van der Waals surface area contributed by atoms with Crippen molar-refractivity contribution in [3.8, 4) is 12.8 Å². The van der Waals surface area contributed by atoms with Crippen molar-refractivity contribution < 1.29 is 190 Å². The number of aliphatic hydroxyl groups is 3. The van der Waals surface area contributed by atoms with Crippen molar-refractivity contribution in [2.45, 2.75) is 246 Å². The van der Waals surface area contributed by atoms with Crippen LogP contribution in [-0.2, 0) is 158 Å². The molecule has 25 N–H and O–H groups in total. The van der Waals surface area contributed by atoms with E-state index in [1.807, 2.05) is 0 Å². The number of nitrogens with one attached hydrogen (secondary N) is 1. The predicted molar refractivity (Wildman–Crippen MR) is 422 cm³/mol. The third-order valence-corrected chi connectivity index (χ3v) is 16.2. The molecule has 0 amide bonds. The highest BCUT2D eigenvalue weighted by Gasteiger charge is 2.49. The van der Waals surface area contributed by atoms with E-state index in [0.29, 0.717) is 32.4 Å². The molecule has 0 aliphatic heterocycles. The Kier molecular flexibility index (Phi) is 85.4. The molecule has 0 heterocycles. The molecule has 0 spiro atoms. The van der Waals surface area contributed by atoms with Gasteiger partial charge in [0.15, 0.2) is 18.3 Å². The standard InChI is InChI=1S/C24H47N3O11.C14H22O6.C12H27N3O7.C12H29N3O7.C6H8O7.C2H7NO.C2H2/c1-18(28)34-22(29)11-9-7-5-6-8-10-12-23(30)35-24(21(38-27)17-33-4,13-19(36-25)15-31-2)14-20(37-26)16-32-3;1-11(15)19-13(17)9-7-5-3-4-6-8-10-14(18)20-12(2)16;1-17-6-9(21-14)4-12(16,10(22-15)7-18-2)5-11(13)20-8-19-3;1-17-6-9(20-13)4-12(16,11(22-15)8-19-3)5-10(21-14)7-18-2;7-3(8)1-6(13,5(11)12)2-4(9)10;1-4-2-3;1-2/h19-21H,5-17,25-27H2,1-4H3;3-10H2,1-2H3;9-10,13,16H,4-8,14-15H2,1-3H3;9-11,16H,4-8,13-15H2,1-3H3;13H,1-2H2,(H,7,8)(H,9,10)(H,11,12);2-3H2,1H3;1-2H/i;;;;;;1D. The normalized spacial score (nSPS) is 14.4. The summed E-state index contributed by atoms with van der Waals surface area (Å²) in [6, 6.07) is 0. The lowest BCUT2D eigenvalue weighted by Crippen LogP contribution is -2.56. The van der Waals surface area contributed by atoms with E-state index in [1.165, 1.54) is 91.2 Å². The van der Waals surface area contributed by atoms with Crippen molar-refractivity contribution in [2.24, 2.45) is 52.9 Å². The van der Waals surface area contributed by atoms with Crippen LogP contribution in [0.15, 0.2) is 0 Å². The lowest BCUT2D eigenvalue weighted by molar-refractivity contribution is -0.209. The van der Waals surface area contributed by atoms with Crippen molar-refractivity contribution in [3.05, 3.63) is 0 Å². The first-order valence-corrected chi connectivity index (χ1v) is 37.4. The Hall–Kier alpha value is -6.87. The summed E-state index contributed by atoms with van der Waals surface area (Å²) < 4.78 is 79.6. The molecule has 0 saturated carbocycles. The highest BCUT2D eigenvalue weighted by molar-refractivity contribution is 5.88. The molecule has 714 valence electrons. The van der Waals surface area contributed by atoms with E-state index in [1.54, 1.807) is 7.11 Å².